The molecular formula is C12H10ClN3. The molecule has 0 N–H and O–H groups in total. The van der Waals surface area contributed by atoms with E-state index >= 15 is 0 Å². The Balaban J connectivity index is 2.63. The van der Waals surface area contributed by atoms with E-state index in [4.69, 9.17) is 11.6 Å². The lowest BCUT2D eigenvalue weighted by molar-refractivity contribution is 1.09. The average Bonchev–Trinajstić information content (AvgIpc) is 2.58. The summed E-state index contributed by atoms with van der Waals surface area (Å²) in [6.45, 7) is 3.97. The smallest absolute Gasteiger partial charge is 0.166 e. The molecule has 3 heterocycles. The fourth-order valence-electron chi connectivity index (χ4n) is 1.95. The van der Waals surface area contributed by atoms with Crippen molar-refractivity contribution in [3.05, 3.63) is 40.7 Å². The van der Waals surface area contributed by atoms with Gasteiger partial charge in [-0.2, -0.15) is 0 Å². The van der Waals surface area contributed by atoms with Crippen molar-refractivity contribution in [2.75, 3.05) is 0 Å². The van der Waals surface area contributed by atoms with Gasteiger partial charge in [-0.3, -0.25) is 4.40 Å². The van der Waals surface area contributed by atoms with E-state index in [1.54, 1.807) is 0 Å². The van der Waals surface area contributed by atoms with Crippen molar-refractivity contribution in [2.24, 2.45) is 0 Å². The molecule has 0 unspecified atom stereocenters. The number of rotatable bonds is 0. The highest BCUT2D eigenvalue weighted by Gasteiger charge is 2.10. The Morgan fingerprint density at radius 1 is 1.19 bits per heavy atom. The summed E-state index contributed by atoms with van der Waals surface area (Å²) in [4.78, 5) is 8.99. The van der Waals surface area contributed by atoms with Gasteiger partial charge in [0.2, 0.25) is 0 Å². The van der Waals surface area contributed by atoms with E-state index < -0.39 is 0 Å². The number of pyridine rings is 2. The molecule has 0 saturated heterocycles. The molecule has 3 aromatic rings. The quantitative estimate of drug-likeness (QED) is 0.595. The maximum absolute atomic E-state index is 6.17. The van der Waals surface area contributed by atoms with Crippen LogP contribution in [-0.4, -0.2) is 14.4 Å². The van der Waals surface area contributed by atoms with Crippen LogP contribution in [0.1, 0.15) is 11.4 Å². The third kappa shape index (κ3) is 1.21. The second-order valence-corrected chi connectivity index (χ2v) is 4.30. The van der Waals surface area contributed by atoms with Gasteiger partial charge >= 0.3 is 0 Å². The van der Waals surface area contributed by atoms with E-state index in [9.17, 15) is 0 Å². The van der Waals surface area contributed by atoms with Gasteiger partial charge in [-0.05, 0) is 32.0 Å². The van der Waals surface area contributed by atoms with Crippen molar-refractivity contribution in [3.8, 4) is 0 Å². The van der Waals surface area contributed by atoms with Gasteiger partial charge in [0.1, 0.15) is 11.2 Å². The van der Waals surface area contributed by atoms with E-state index in [0.29, 0.717) is 5.02 Å². The molecule has 0 saturated carbocycles. The van der Waals surface area contributed by atoms with Crippen LogP contribution in [0, 0.1) is 13.8 Å². The topological polar surface area (TPSA) is 30.2 Å². The first-order valence-electron chi connectivity index (χ1n) is 5.08. The Bertz CT molecular complexity index is 700. The van der Waals surface area contributed by atoms with E-state index in [1.807, 2.05) is 42.5 Å². The summed E-state index contributed by atoms with van der Waals surface area (Å²) in [6.07, 6.45) is 0. The summed E-state index contributed by atoms with van der Waals surface area (Å²) in [6, 6.07) is 7.81. The molecule has 0 aliphatic heterocycles. The standard InChI is InChI=1S/C12H10ClN3/c1-7-6-9(13)11-12(14-7)16-8(2)4-3-5-10(16)15-11/h3-6H,1-2H3. The van der Waals surface area contributed by atoms with Crippen LogP contribution in [0.15, 0.2) is 24.3 Å². The summed E-state index contributed by atoms with van der Waals surface area (Å²) in [5.41, 5.74) is 4.49. The molecule has 3 rings (SSSR count). The zero-order valence-electron chi connectivity index (χ0n) is 9.03. The van der Waals surface area contributed by atoms with Gasteiger partial charge < -0.3 is 0 Å². The van der Waals surface area contributed by atoms with Crippen LogP contribution in [0.3, 0.4) is 0 Å². The summed E-state index contributed by atoms with van der Waals surface area (Å²) in [7, 11) is 0. The molecule has 0 atom stereocenters. The molecule has 3 aromatic heterocycles. The zero-order valence-corrected chi connectivity index (χ0v) is 9.78. The normalized spacial score (nSPS) is 11.4. The lowest BCUT2D eigenvalue weighted by atomic mass is 10.3. The maximum atomic E-state index is 6.17. The largest absolute Gasteiger partial charge is 0.281 e. The van der Waals surface area contributed by atoms with E-state index in [1.165, 1.54) is 0 Å². The van der Waals surface area contributed by atoms with Crippen LogP contribution >= 0.6 is 11.6 Å². The van der Waals surface area contributed by atoms with Crippen molar-refractivity contribution in [3.63, 3.8) is 0 Å². The third-order valence-corrected chi connectivity index (χ3v) is 2.95. The first-order valence-corrected chi connectivity index (χ1v) is 5.45. The minimum Gasteiger partial charge on any atom is -0.281 e. The number of nitrogens with zero attached hydrogens (tertiary/aromatic N) is 3. The van der Waals surface area contributed by atoms with E-state index in [0.717, 1.165) is 28.2 Å². The Morgan fingerprint density at radius 2 is 2.00 bits per heavy atom. The Hall–Kier alpha value is -1.61. The molecule has 0 aliphatic carbocycles. The van der Waals surface area contributed by atoms with Crippen molar-refractivity contribution in [1.29, 1.82) is 0 Å². The molecule has 0 spiro atoms. The maximum Gasteiger partial charge on any atom is 0.166 e. The van der Waals surface area contributed by atoms with Crippen molar-refractivity contribution < 1.29 is 0 Å². The fraction of sp³-hybridized carbons (Fsp3) is 0.167. The first-order chi connectivity index (χ1) is 7.66. The molecule has 0 radical (unpaired) electrons. The number of fused-ring (bicyclic) bond motifs is 3. The van der Waals surface area contributed by atoms with Gasteiger partial charge in [-0.1, -0.05) is 17.7 Å². The van der Waals surface area contributed by atoms with Crippen molar-refractivity contribution in [1.82, 2.24) is 14.4 Å². The molecule has 0 aliphatic rings. The summed E-state index contributed by atoms with van der Waals surface area (Å²) < 4.78 is 2.02. The minimum atomic E-state index is 0.658. The fourth-order valence-corrected chi connectivity index (χ4v) is 2.24. The molecular weight excluding hydrogens is 222 g/mol. The van der Waals surface area contributed by atoms with Crippen molar-refractivity contribution in [2.45, 2.75) is 13.8 Å². The van der Waals surface area contributed by atoms with Gasteiger partial charge in [0, 0.05) is 11.4 Å². The molecule has 16 heavy (non-hydrogen) atoms. The molecule has 80 valence electrons. The highest BCUT2D eigenvalue weighted by atomic mass is 35.5. The Morgan fingerprint density at radius 3 is 2.81 bits per heavy atom. The van der Waals surface area contributed by atoms with Gasteiger partial charge in [0.05, 0.1) is 5.02 Å². The van der Waals surface area contributed by atoms with Crippen LogP contribution in [0.2, 0.25) is 5.02 Å². The molecule has 0 amide bonds. The predicted octanol–water partition coefficient (Wildman–Crippen LogP) is 3.15. The van der Waals surface area contributed by atoms with E-state index in [2.05, 4.69) is 9.97 Å². The second-order valence-electron chi connectivity index (χ2n) is 3.89. The summed E-state index contributed by atoms with van der Waals surface area (Å²) in [5.74, 6) is 0. The van der Waals surface area contributed by atoms with E-state index in [-0.39, 0.29) is 0 Å². The number of aryl methyl sites for hydroxylation is 2. The SMILES string of the molecule is Cc1cc(Cl)c2nc3cccc(C)n3c2n1. The monoisotopic (exact) mass is 231 g/mol. The van der Waals surface area contributed by atoms with Crippen LogP contribution in [-0.2, 0) is 0 Å². The highest BCUT2D eigenvalue weighted by Crippen LogP contribution is 2.24. The Kier molecular flexibility index (Phi) is 1.91. The van der Waals surface area contributed by atoms with Gasteiger partial charge in [0.15, 0.2) is 5.65 Å². The van der Waals surface area contributed by atoms with Crippen molar-refractivity contribution >= 4 is 28.4 Å². The second kappa shape index (κ2) is 3.19. The van der Waals surface area contributed by atoms with Crippen LogP contribution < -0.4 is 0 Å². The molecule has 0 aromatic carbocycles. The molecule has 0 fully saturated rings. The molecule has 0 bridgehead atoms. The molecule has 4 heteroatoms. The summed E-state index contributed by atoms with van der Waals surface area (Å²) >= 11 is 6.17. The molecule has 3 nitrogen and oxygen atoms in total. The first kappa shape index (κ1) is 9.60. The van der Waals surface area contributed by atoms with Gasteiger partial charge in [-0.25, -0.2) is 9.97 Å². The van der Waals surface area contributed by atoms with Crippen LogP contribution in [0.4, 0.5) is 0 Å². The number of hydrogen-bond donors (Lipinski definition) is 0. The highest BCUT2D eigenvalue weighted by molar-refractivity contribution is 6.34. The number of hydrogen-bond acceptors (Lipinski definition) is 2. The summed E-state index contributed by atoms with van der Waals surface area (Å²) in [5, 5.41) is 0.658. The Labute approximate surface area is 97.7 Å². The third-order valence-electron chi connectivity index (χ3n) is 2.66. The zero-order chi connectivity index (χ0) is 11.3. The predicted molar refractivity (Wildman–Crippen MR) is 65.0 cm³/mol. The van der Waals surface area contributed by atoms with Crippen LogP contribution in [0.5, 0.6) is 0 Å². The number of halogens is 1. The van der Waals surface area contributed by atoms with Crippen LogP contribution in [0.25, 0.3) is 16.8 Å². The minimum absolute atomic E-state index is 0.658. The lowest BCUT2D eigenvalue weighted by Crippen LogP contribution is -1.92. The van der Waals surface area contributed by atoms with Gasteiger partial charge in [0.25, 0.3) is 0 Å². The number of aromatic nitrogens is 3. The average molecular weight is 232 g/mol. The number of imidazole rings is 1. The lowest BCUT2D eigenvalue weighted by Gasteiger charge is -2.00. The van der Waals surface area contributed by atoms with Gasteiger partial charge in [-0.15, -0.1) is 0 Å².